The predicted molar refractivity (Wildman–Crippen MR) is 99.9 cm³/mol. The largest absolute Gasteiger partial charge is 0.350 e. The van der Waals surface area contributed by atoms with E-state index in [1.54, 1.807) is 18.2 Å². The van der Waals surface area contributed by atoms with Gasteiger partial charge in [0.1, 0.15) is 6.04 Å². The number of benzene rings is 2. The van der Waals surface area contributed by atoms with E-state index in [9.17, 15) is 9.59 Å². The van der Waals surface area contributed by atoms with E-state index in [-0.39, 0.29) is 24.2 Å². The maximum atomic E-state index is 12.5. The summed E-state index contributed by atoms with van der Waals surface area (Å²) in [4.78, 5) is 24.8. The molecule has 0 heterocycles. The molecule has 0 aliphatic carbocycles. The molecule has 2 aromatic rings. The minimum atomic E-state index is -0.606. The zero-order valence-corrected chi connectivity index (χ0v) is 15.0. The van der Waals surface area contributed by atoms with Crippen molar-refractivity contribution >= 4 is 11.8 Å². The van der Waals surface area contributed by atoms with Gasteiger partial charge in [-0.05, 0) is 29.2 Å². The first-order valence-electron chi connectivity index (χ1n) is 8.59. The molecule has 0 spiro atoms. The van der Waals surface area contributed by atoms with E-state index in [0.29, 0.717) is 12.1 Å². The van der Waals surface area contributed by atoms with Crippen molar-refractivity contribution in [1.82, 2.24) is 10.6 Å². The van der Waals surface area contributed by atoms with Gasteiger partial charge in [0.15, 0.2) is 0 Å². The fourth-order valence-electron chi connectivity index (χ4n) is 2.59. The molecule has 1 atom stereocenters. The van der Waals surface area contributed by atoms with Gasteiger partial charge < -0.3 is 10.6 Å². The van der Waals surface area contributed by atoms with Gasteiger partial charge in [0.2, 0.25) is 11.8 Å². The number of nitrogens with zero attached hydrogens (tertiary/aromatic N) is 1. The van der Waals surface area contributed by atoms with Crippen molar-refractivity contribution < 1.29 is 9.59 Å². The Balaban J connectivity index is 1.94. The minimum absolute atomic E-state index is 0.0415. The van der Waals surface area contributed by atoms with Crippen LogP contribution in [0.1, 0.15) is 30.5 Å². The third-order valence-corrected chi connectivity index (χ3v) is 4.00. The maximum Gasteiger partial charge on any atom is 0.243 e. The van der Waals surface area contributed by atoms with Gasteiger partial charge in [0, 0.05) is 6.54 Å². The Hall–Kier alpha value is -3.13. The molecule has 0 aliphatic rings. The summed E-state index contributed by atoms with van der Waals surface area (Å²) < 4.78 is 0. The van der Waals surface area contributed by atoms with Gasteiger partial charge >= 0.3 is 0 Å². The Morgan fingerprint density at radius 2 is 1.73 bits per heavy atom. The second-order valence-corrected chi connectivity index (χ2v) is 6.48. The summed E-state index contributed by atoms with van der Waals surface area (Å²) in [6.07, 6.45) is 0.238. The van der Waals surface area contributed by atoms with Crippen molar-refractivity contribution in [3.05, 3.63) is 71.3 Å². The Morgan fingerprint density at radius 1 is 1.04 bits per heavy atom. The van der Waals surface area contributed by atoms with Crippen LogP contribution in [0.3, 0.4) is 0 Å². The molecule has 26 heavy (non-hydrogen) atoms. The summed E-state index contributed by atoms with van der Waals surface area (Å²) >= 11 is 0. The van der Waals surface area contributed by atoms with Crippen LogP contribution in [-0.4, -0.2) is 17.9 Å². The molecule has 0 aromatic heterocycles. The molecule has 2 N–H and O–H groups in total. The number of carbonyl (C=O) groups excluding carboxylic acids is 2. The van der Waals surface area contributed by atoms with Gasteiger partial charge in [-0.3, -0.25) is 9.59 Å². The van der Waals surface area contributed by atoms with E-state index < -0.39 is 6.04 Å². The van der Waals surface area contributed by atoms with E-state index in [0.717, 1.165) is 11.1 Å². The SMILES string of the molecule is CC(C)C(NC(=O)Cc1ccccc1)C(=O)NCc1cccc(C#N)c1. The van der Waals surface area contributed by atoms with E-state index in [1.807, 2.05) is 50.2 Å². The molecule has 5 heteroatoms. The van der Waals surface area contributed by atoms with Gasteiger partial charge in [0.05, 0.1) is 18.1 Å². The van der Waals surface area contributed by atoms with E-state index in [4.69, 9.17) is 5.26 Å². The summed E-state index contributed by atoms with van der Waals surface area (Å²) in [6, 6.07) is 18.0. The van der Waals surface area contributed by atoms with Crippen LogP contribution < -0.4 is 10.6 Å². The smallest absolute Gasteiger partial charge is 0.243 e. The lowest BCUT2D eigenvalue weighted by Gasteiger charge is -2.22. The van der Waals surface area contributed by atoms with Crippen molar-refractivity contribution in [2.45, 2.75) is 32.9 Å². The van der Waals surface area contributed by atoms with Crippen LogP contribution in [-0.2, 0) is 22.6 Å². The lowest BCUT2D eigenvalue weighted by molar-refractivity contribution is -0.129. The second-order valence-electron chi connectivity index (χ2n) is 6.48. The zero-order chi connectivity index (χ0) is 18.9. The molecule has 0 saturated heterocycles. The van der Waals surface area contributed by atoms with Crippen molar-refractivity contribution in [2.24, 2.45) is 5.92 Å². The number of carbonyl (C=O) groups is 2. The summed E-state index contributed by atoms with van der Waals surface area (Å²) in [6.45, 7) is 4.10. The molecule has 0 bridgehead atoms. The molecule has 5 nitrogen and oxygen atoms in total. The van der Waals surface area contributed by atoms with Gasteiger partial charge in [-0.25, -0.2) is 0 Å². The molecule has 134 valence electrons. The van der Waals surface area contributed by atoms with Gasteiger partial charge in [0.25, 0.3) is 0 Å². The highest BCUT2D eigenvalue weighted by atomic mass is 16.2. The van der Waals surface area contributed by atoms with Crippen LogP contribution in [0.2, 0.25) is 0 Å². The Kier molecular flexibility index (Phi) is 6.92. The molecule has 0 radical (unpaired) electrons. The lowest BCUT2D eigenvalue weighted by Crippen LogP contribution is -2.49. The average molecular weight is 349 g/mol. The van der Waals surface area contributed by atoms with Gasteiger partial charge in [-0.2, -0.15) is 5.26 Å². The number of amides is 2. The number of hydrogen-bond acceptors (Lipinski definition) is 3. The number of nitrogens with one attached hydrogen (secondary N) is 2. The minimum Gasteiger partial charge on any atom is -0.350 e. The quantitative estimate of drug-likeness (QED) is 0.806. The van der Waals surface area contributed by atoms with Crippen LogP contribution in [0, 0.1) is 17.2 Å². The highest BCUT2D eigenvalue weighted by Gasteiger charge is 2.23. The van der Waals surface area contributed by atoms with Crippen LogP contribution in [0.15, 0.2) is 54.6 Å². The normalized spacial score (nSPS) is 11.5. The molecule has 2 amide bonds. The summed E-state index contributed by atoms with van der Waals surface area (Å²) in [5.41, 5.74) is 2.30. The van der Waals surface area contributed by atoms with Gasteiger partial charge in [-0.1, -0.05) is 56.3 Å². The lowest BCUT2D eigenvalue weighted by atomic mass is 10.0. The van der Waals surface area contributed by atoms with Crippen molar-refractivity contribution in [2.75, 3.05) is 0 Å². The molecular formula is C21H23N3O2. The third kappa shape index (κ3) is 5.75. The molecule has 0 aliphatic heterocycles. The Bertz CT molecular complexity index is 794. The number of hydrogen-bond donors (Lipinski definition) is 2. The van der Waals surface area contributed by atoms with Crippen molar-refractivity contribution in [3.63, 3.8) is 0 Å². The number of nitriles is 1. The zero-order valence-electron chi connectivity index (χ0n) is 15.0. The topological polar surface area (TPSA) is 82.0 Å². The summed E-state index contributed by atoms with van der Waals surface area (Å²) in [7, 11) is 0. The van der Waals surface area contributed by atoms with E-state index in [1.165, 1.54) is 0 Å². The summed E-state index contributed by atoms with van der Waals surface area (Å²) in [5, 5.41) is 14.6. The Labute approximate surface area is 154 Å². The average Bonchev–Trinajstić information content (AvgIpc) is 2.65. The monoisotopic (exact) mass is 349 g/mol. The third-order valence-electron chi connectivity index (χ3n) is 4.00. The predicted octanol–water partition coefficient (Wildman–Crippen LogP) is 2.56. The molecular weight excluding hydrogens is 326 g/mol. The second kappa shape index (κ2) is 9.38. The summed E-state index contributed by atoms with van der Waals surface area (Å²) in [5.74, 6) is -0.458. The highest BCUT2D eigenvalue weighted by Crippen LogP contribution is 2.07. The fourth-order valence-corrected chi connectivity index (χ4v) is 2.59. The van der Waals surface area contributed by atoms with Crippen LogP contribution in [0.25, 0.3) is 0 Å². The first kappa shape index (κ1) is 19.2. The molecule has 2 aromatic carbocycles. The highest BCUT2D eigenvalue weighted by molar-refractivity contribution is 5.88. The van der Waals surface area contributed by atoms with Crippen molar-refractivity contribution in [3.8, 4) is 6.07 Å². The van der Waals surface area contributed by atoms with Crippen molar-refractivity contribution in [1.29, 1.82) is 5.26 Å². The molecule has 1 unspecified atom stereocenters. The first-order chi connectivity index (χ1) is 12.5. The van der Waals surface area contributed by atoms with Crippen LogP contribution >= 0.6 is 0 Å². The fraction of sp³-hybridized carbons (Fsp3) is 0.286. The molecule has 0 fully saturated rings. The first-order valence-corrected chi connectivity index (χ1v) is 8.59. The van der Waals surface area contributed by atoms with E-state index in [2.05, 4.69) is 16.7 Å². The number of rotatable bonds is 7. The molecule has 0 saturated carbocycles. The van der Waals surface area contributed by atoms with Crippen LogP contribution in [0.5, 0.6) is 0 Å². The standard InChI is InChI=1S/C21H23N3O2/c1-15(2)20(24-19(25)12-16-7-4-3-5-8-16)21(26)23-14-18-10-6-9-17(11-18)13-22/h3-11,15,20H,12,14H2,1-2H3,(H,23,26)(H,24,25). The Morgan fingerprint density at radius 3 is 2.38 bits per heavy atom. The van der Waals surface area contributed by atoms with Crippen LogP contribution in [0.4, 0.5) is 0 Å². The van der Waals surface area contributed by atoms with E-state index >= 15 is 0 Å². The maximum absolute atomic E-state index is 12.5. The van der Waals surface area contributed by atoms with Gasteiger partial charge in [-0.15, -0.1) is 0 Å². The molecule has 2 rings (SSSR count).